The van der Waals surface area contributed by atoms with Crippen molar-refractivity contribution in [1.29, 1.82) is 0 Å². The molecule has 0 fully saturated rings. The first-order chi connectivity index (χ1) is 21.6. The van der Waals surface area contributed by atoms with E-state index in [4.69, 9.17) is 24.3 Å². The Morgan fingerprint density at radius 3 is 2.47 bits per heavy atom. The molecule has 1 aliphatic rings. The molecule has 236 valence electrons. The number of ether oxygens (including phenoxy) is 3. The molecule has 12 heteroatoms. The maximum absolute atomic E-state index is 14.2. The minimum atomic E-state index is -1.66. The topological polar surface area (TPSA) is 167 Å². The number of aliphatic hydroxyl groups is 1. The minimum absolute atomic E-state index is 0.0229. The molecule has 45 heavy (non-hydrogen) atoms. The molecule has 0 aromatic heterocycles. The molecule has 3 aromatic carbocycles. The molecule has 0 aliphatic carbocycles. The van der Waals surface area contributed by atoms with E-state index in [1.807, 2.05) is 30.3 Å². The first kappa shape index (κ1) is 33.0. The average molecular weight is 615 g/mol. The normalized spacial score (nSPS) is 17.4. The number of hydrazine groups is 1. The molecule has 0 saturated carbocycles. The lowest BCUT2D eigenvalue weighted by Gasteiger charge is -2.31. The molecule has 0 spiro atoms. The Bertz CT molecular complexity index is 1530. The lowest BCUT2D eigenvalue weighted by molar-refractivity contribution is -0.155. The molecule has 4 rings (SSSR count). The second-order valence-corrected chi connectivity index (χ2v) is 11.4. The fourth-order valence-electron chi connectivity index (χ4n) is 4.81. The number of amides is 1. The highest BCUT2D eigenvalue weighted by molar-refractivity contribution is 6.01. The zero-order chi connectivity index (χ0) is 32.3. The van der Waals surface area contributed by atoms with Gasteiger partial charge in [0.25, 0.3) is 5.91 Å². The number of nitrogens with zero attached hydrogens (tertiary/aromatic N) is 4. The third-order valence-electron chi connectivity index (χ3n) is 6.87. The molecule has 3 aromatic rings. The van der Waals surface area contributed by atoms with Crippen LogP contribution in [0.4, 0.5) is 5.69 Å². The van der Waals surface area contributed by atoms with Gasteiger partial charge in [0.2, 0.25) is 5.90 Å². The van der Waals surface area contributed by atoms with Crippen molar-refractivity contribution in [3.05, 3.63) is 106 Å². The zero-order valence-corrected chi connectivity index (χ0v) is 25.6. The van der Waals surface area contributed by atoms with Crippen LogP contribution < -0.4 is 15.6 Å². The zero-order valence-electron chi connectivity index (χ0n) is 25.6. The number of carbonyl (C=O) groups excluding carboxylic acids is 2. The SMILES string of the molecule is CC(C)(C)OC(=O)CC[C@]1(C(=O)NNCc2ccccc2)N=C(c2ccc(OCCCO)cc2)O[C@H]1c1ccccc1N=[N+]=[N-]. The molecular weight excluding hydrogens is 576 g/mol. The van der Waals surface area contributed by atoms with Crippen LogP contribution in [0.2, 0.25) is 0 Å². The Balaban J connectivity index is 1.74. The van der Waals surface area contributed by atoms with E-state index in [-0.39, 0.29) is 31.0 Å². The quantitative estimate of drug-likeness (QED) is 0.0531. The van der Waals surface area contributed by atoms with Gasteiger partial charge in [-0.2, -0.15) is 0 Å². The van der Waals surface area contributed by atoms with Crippen LogP contribution in [0.5, 0.6) is 5.75 Å². The maximum Gasteiger partial charge on any atom is 0.306 e. The number of esters is 1. The van der Waals surface area contributed by atoms with E-state index < -0.39 is 29.1 Å². The van der Waals surface area contributed by atoms with Crippen LogP contribution in [0, 0.1) is 0 Å². The molecule has 0 radical (unpaired) electrons. The third-order valence-corrected chi connectivity index (χ3v) is 6.87. The molecule has 1 aliphatic heterocycles. The highest BCUT2D eigenvalue weighted by Gasteiger charge is 2.54. The van der Waals surface area contributed by atoms with E-state index in [9.17, 15) is 15.1 Å². The van der Waals surface area contributed by atoms with Crippen molar-refractivity contribution in [2.75, 3.05) is 13.2 Å². The maximum atomic E-state index is 14.2. The molecule has 12 nitrogen and oxygen atoms in total. The van der Waals surface area contributed by atoms with Crippen LogP contribution in [0.15, 0.2) is 89.0 Å². The van der Waals surface area contributed by atoms with Gasteiger partial charge in [0.15, 0.2) is 11.6 Å². The van der Waals surface area contributed by atoms with Crippen molar-refractivity contribution >= 4 is 23.5 Å². The predicted molar refractivity (Wildman–Crippen MR) is 168 cm³/mol. The van der Waals surface area contributed by atoms with Crippen molar-refractivity contribution in [1.82, 2.24) is 10.9 Å². The fourth-order valence-corrected chi connectivity index (χ4v) is 4.81. The van der Waals surface area contributed by atoms with Gasteiger partial charge in [-0.1, -0.05) is 59.7 Å². The fraction of sp³-hybridized carbons (Fsp3) is 0.364. The molecule has 2 atom stereocenters. The first-order valence-corrected chi connectivity index (χ1v) is 14.7. The number of benzene rings is 3. The van der Waals surface area contributed by atoms with Gasteiger partial charge >= 0.3 is 5.97 Å². The Labute approximate surface area is 262 Å². The first-order valence-electron chi connectivity index (χ1n) is 14.7. The number of rotatable bonds is 14. The largest absolute Gasteiger partial charge is 0.494 e. The molecule has 1 heterocycles. The molecule has 0 unspecified atom stereocenters. The van der Waals surface area contributed by atoms with E-state index in [0.717, 1.165) is 5.56 Å². The second kappa shape index (κ2) is 15.2. The molecule has 0 saturated heterocycles. The Morgan fingerprint density at radius 2 is 1.78 bits per heavy atom. The molecular formula is C33H38N6O6. The summed E-state index contributed by atoms with van der Waals surface area (Å²) in [5.74, 6) is -0.279. The van der Waals surface area contributed by atoms with Gasteiger partial charge in [-0.05, 0) is 62.6 Å². The Kier molecular flexibility index (Phi) is 11.2. The van der Waals surface area contributed by atoms with Crippen molar-refractivity contribution in [3.8, 4) is 5.75 Å². The van der Waals surface area contributed by atoms with Gasteiger partial charge in [0, 0.05) is 47.7 Å². The van der Waals surface area contributed by atoms with Crippen LogP contribution in [0.1, 0.15) is 62.8 Å². The molecule has 3 N–H and O–H groups in total. The summed E-state index contributed by atoms with van der Waals surface area (Å²) in [5, 5.41) is 12.9. The highest BCUT2D eigenvalue weighted by atomic mass is 16.6. The monoisotopic (exact) mass is 614 g/mol. The van der Waals surface area contributed by atoms with E-state index in [1.165, 1.54) is 0 Å². The number of hydrogen-bond donors (Lipinski definition) is 3. The molecule has 0 bridgehead atoms. The minimum Gasteiger partial charge on any atom is -0.494 e. The second-order valence-electron chi connectivity index (χ2n) is 11.4. The van der Waals surface area contributed by atoms with E-state index in [1.54, 1.807) is 69.3 Å². The summed E-state index contributed by atoms with van der Waals surface area (Å²) < 4.78 is 17.7. The van der Waals surface area contributed by atoms with Gasteiger partial charge in [-0.25, -0.2) is 10.4 Å². The summed E-state index contributed by atoms with van der Waals surface area (Å²) >= 11 is 0. The van der Waals surface area contributed by atoms with Gasteiger partial charge in [0.1, 0.15) is 11.4 Å². The number of carbonyl (C=O) groups is 2. The number of nitrogens with one attached hydrogen (secondary N) is 2. The number of azide groups is 1. The Hall–Kier alpha value is -4.90. The summed E-state index contributed by atoms with van der Waals surface area (Å²) in [6, 6.07) is 23.3. The van der Waals surface area contributed by atoms with Crippen LogP contribution >= 0.6 is 0 Å². The Morgan fingerprint density at radius 1 is 1.07 bits per heavy atom. The van der Waals surface area contributed by atoms with Crippen molar-refractivity contribution in [2.45, 2.75) is 63.8 Å². The lowest BCUT2D eigenvalue weighted by Crippen LogP contribution is -2.52. The van der Waals surface area contributed by atoms with Crippen molar-refractivity contribution in [2.24, 2.45) is 10.1 Å². The van der Waals surface area contributed by atoms with Gasteiger partial charge in [-0.15, -0.1) is 0 Å². The summed E-state index contributed by atoms with van der Waals surface area (Å²) in [6.45, 7) is 6.03. The third kappa shape index (κ3) is 8.82. The lowest BCUT2D eigenvalue weighted by atomic mass is 9.83. The summed E-state index contributed by atoms with van der Waals surface area (Å²) in [7, 11) is 0. The summed E-state index contributed by atoms with van der Waals surface area (Å²) in [4.78, 5) is 35.0. The number of hydrogen-bond acceptors (Lipinski definition) is 9. The van der Waals surface area contributed by atoms with Crippen LogP contribution in [-0.2, 0) is 25.6 Å². The smallest absolute Gasteiger partial charge is 0.306 e. The summed E-state index contributed by atoms with van der Waals surface area (Å²) in [6.07, 6.45) is -0.767. The van der Waals surface area contributed by atoms with Crippen molar-refractivity contribution in [3.63, 3.8) is 0 Å². The van der Waals surface area contributed by atoms with Crippen LogP contribution in [0.25, 0.3) is 10.4 Å². The van der Waals surface area contributed by atoms with Gasteiger partial charge in [-0.3, -0.25) is 15.0 Å². The van der Waals surface area contributed by atoms with Crippen LogP contribution in [0.3, 0.4) is 0 Å². The highest BCUT2D eigenvalue weighted by Crippen LogP contribution is 2.46. The van der Waals surface area contributed by atoms with Gasteiger partial charge < -0.3 is 19.3 Å². The van der Waals surface area contributed by atoms with E-state index in [0.29, 0.717) is 36.4 Å². The number of aliphatic hydroxyl groups excluding tert-OH is 1. The average Bonchev–Trinajstić information content (AvgIpc) is 3.41. The van der Waals surface area contributed by atoms with Crippen molar-refractivity contribution < 1.29 is 28.9 Å². The van der Waals surface area contributed by atoms with E-state index in [2.05, 4.69) is 20.9 Å². The van der Waals surface area contributed by atoms with E-state index >= 15 is 0 Å². The predicted octanol–water partition coefficient (Wildman–Crippen LogP) is 5.59. The standard InChI is InChI=1S/C33H38N6O6/c1-32(2,3)45-28(41)18-19-33(31(42)38-35-22-23-10-5-4-6-11-23)29(26-12-7-8-13-27(26)37-39-34)44-30(36-33)24-14-16-25(17-15-24)43-21-9-20-40/h4-8,10-17,29,35,40H,9,18-22H2,1-3H3,(H,38,42)/t29-,33-/m0/s1. The summed E-state index contributed by atoms with van der Waals surface area (Å²) in [5.41, 5.74) is 14.9. The van der Waals surface area contributed by atoms with Gasteiger partial charge in [0.05, 0.1) is 6.61 Å². The number of aliphatic imine (C=N–C) groups is 1. The van der Waals surface area contributed by atoms with Crippen LogP contribution in [-0.4, -0.2) is 47.2 Å². The molecule has 1 amide bonds.